The highest BCUT2D eigenvalue weighted by atomic mass is 16.5. The lowest BCUT2D eigenvalue weighted by molar-refractivity contribution is -0.151. The molecule has 4 atom stereocenters. The summed E-state index contributed by atoms with van der Waals surface area (Å²) in [6, 6.07) is 11.3. The Morgan fingerprint density at radius 1 is 1.12 bits per heavy atom. The van der Waals surface area contributed by atoms with Gasteiger partial charge in [-0.25, -0.2) is 9.97 Å². The summed E-state index contributed by atoms with van der Waals surface area (Å²) < 4.78 is 6.38. The molecule has 8 nitrogen and oxygen atoms in total. The van der Waals surface area contributed by atoms with Crippen LogP contribution in [-0.2, 0) is 4.74 Å². The molecule has 2 aromatic heterocycles. The van der Waals surface area contributed by atoms with Crippen LogP contribution in [-0.4, -0.2) is 38.2 Å². The van der Waals surface area contributed by atoms with Crippen LogP contribution in [0.5, 0.6) is 0 Å². The third-order valence-corrected chi connectivity index (χ3v) is 6.58. The Labute approximate surface area is 192 Å². The van der Waals surface area contributed by atoms with E-state index in [1.54, 1.807) is 18.6 Å². The maximum absolute atomic E-state index is 13.1. The second-order valence-corrected chi connectivity index (χ2v) is 8.69. The van der Waals surface area contributed by atoms with E-state index in [1.807, 2.05) is 36.4 Å². The summed E-state index contributed by atoms with van der Waals surface area (Å²) in [7, 11) is 0. The van der Waals surface area contributed by atoms with E-state index >= 15 is 0 Å². The van der Waals surface area contributed by atoms with Crippen LogP contribution in [0, 0.1) is 5.92 Å². The Morgan fingerprint density at radius 2 is 1.94 bits per heavy atom. The van der Waals surface area contributed by atoms with Crippen LogP contribution in [0.2, 0.25) is 0 Å². The van der Waals surface area contributed by atoms with Crippen molar-refractivity contribution in [3.05, 3.63) is 66.2 Å². The van der Waals surface area contributed by atoms with E-state index in [2.05, 4.69) is 20.3 Å². The first kappa shape index (κ1) is 21.5. The second kappa shape index (κ2) is 9.25. The molecular weight excluding hydrogens is 418 g/mol. The molecule has 0 spiro atoms. The predicted octanol–water partition coefficient (Wildman–Crippen LogP) is 3.75. The van der Waals surface area contributed by atoms with Crippen LogP contribution in [0.15, 0.2) is 55.0 Å². The quantitative estimate of drug-likeness (QED) is 0.559. The summed E-state index contributed by atoms with van der Waals surface area (Å²) >= 11 is 0. The molecule has 0 unspecified atom stereocenters. The zero-order valence-electron chi connectivity index (χ0n) is 18.2. The van der Waals surface area contributed by atoms with Crippen molar-refractivity contribution in [3.63, 3.8) is 0 Å². The van der Waals surface area contributed by atoms with Gasteiger partial charge in [0, 0.05) is 29.7 Å². The number of hydrogen-bond donors (Lipinski definition) is 3. The van der Waals surface area contributed by atoms with Crippen molar-refractivity contribution in [1.29, 1.82) is 0 Å². The average Bonchev–Trinajstić information content (AvgIpc) is 2.85. The maximum atomic E-state index is 13.1. The highest BCUT2D eigenvalue weighted by molar-refractivity contribution is 6.06. The largest absolute Gasteiger partial charge is 0.393 e. The number of nitrogens with one attached hydrogen (secondary N) is 1. The number of benzene rings is 1. The smallest absolute Gasteiger partial charge is 0.278 e. The number of carbonyl (C=O) groups is 1. The van der Waals surface area contributed by atoms with Gasteiger partial charge in [-0.3, -0.25) is 9.78 Å². The summed E-state index contributed by atoms with van der Waals surface area (Å²) in [6.07, 6.45) is 8.76. The molecule has 8 heteroatoms. The van der Waals surface area contributed by atoms with Gasteiger partial charge >= 0.3 is 0 Å². The van der Waals surface area contributed by atoms with Crippen LogP contribution in [0.4, 0.5) is 11.5 Å². The van der Waals surface area contributed by atoms with Crippen LogP contribution in [0.1, 0.15) is 54.3 Å². The molecule has 1 aliphatic carbocycles. The molecule has 33 heavy (non-hydrogen) atoms. The summed E-state index contributed by atoms with van der Waals surface area (Å²) in [5.41, 5.74) is 8.73. The van der Waals surface area contributed by atoms with Crippen LogP contribution >= 0.6 is 0 Å². The molecule has 0 bridgehead atoms. The molecule has 4 N–H and O–H groups in total. The van der Waals surface area contributed by atoms with Crippen molar-refractivity contribution in [2.24, 2.45) is 5.92 Å². The van der Waals surface area contributed by atoms with Gasteiger partial charge in [0.1, 0.15) is 0 Å². The number of aromatic nitrogens is 3. The molecule has 1 amide bonds. The Bertz CT molecular complexity index is 1140. The summed E-state index contributed by atoms with van der Waals surface area (Å²) in [6.45, 7) is 0. The van der Waals surface area contributed by atoms with Gasteiger partial charge in [0.2, 0.25) is 0 Å². The lowest BCUT2D eigenvalue weighted by Gasteiger charge is -2.43. The Balaban J connectivity index is 1.39. The fourth-order valence-electron chi connectivity index (χ4n) is 4.88. The zero-order chi connectivity index (χ0) is 22.8. The SMILES string of the molecule is Nc1ncc(-c2ccccc2)nc1C(=O)Nc1cnccc1[C@H]1C[C@@H](O)[C@H]2CCCC[C@H]2O1. The number of nitrogen functional groups attached to an aromatic ring is 1. The van der Waals surface area contributed by atoms with Crippen LogP contribution < -0.4 is 11.1 Å². The molecule has 3 aromatic rings. The number of ether oxygens (including phenoxy) is 1. The van der Waals surface area contributed by atoms with Crippen molar-refractivity contribution in [3.8, 4) is 11.3 Å². The van der Waals surface area contributed by atoms with Gasteiger partial charge in [-0.1, -0.05) is 43.2 Å². The van der Waals surface area contributed by atoms with Crippen molar-refractivity contribution in [2.45, 2.75) is 50.4 Å². The molecular formula is C25H27N5O3. The second-order valence-electron chi connectivity index (χ2n) is 8.69. The van der Waals surface area contributed by atoms with Gasteiger partial charge in [0.15, 0.2) is 11.5 Å². The Morgan fingerprint density at radius 3 is 2.79 bits per heavy atom. The van der Waals surface area contributed by atoms with E-state index in [4.69, 9.17) is 10.5 Å². The molecule has 3 heterocycles. The van der Waals surface area contributed by atoms with Crippen molar-refractivity contribution < 1.29 is 14.6 Å². The van der Waals surface area contributed by atoms with Gasteiger partial charge in [-0.05, 0) is 18.9 Å². The van der Waals surface area contributed by atoms with Gasteiger partial charge in [-0.2, -0.15) is 0 Å². The number of amides is 1. The molecule has 1 aromatic carbocycles. The van der Waals surface area contributed by atoms with E-state index in [1.165, 1.54) is 0 Å². The van der Waals surface area contributed by atoms with Crippen molar-refractivity contribution in [2.75, 3.05) is 11.1 Å². The number of pyridine rings is 1. The summed E-state index contributed by atoms with van der Waals surface area (Å²) in [5, 5.41) is 13.6. The van der Waals surface area contributed by atoms with Gasteiger partial charge in [0.25, 0.3) is 5.91 Å². The monoisotopic (exact) mass is 445 g/mol. The molecule has 1 aliphatic heterocycles. The molecule has 1 saturated carbocycles. The number of anilines is 2. The molecule has 1 saturated heterocycles. The first-order valence-corrected chi connectivity index (χ1v) is 11.4. The minimum atomic E-state index is -0.473. The zero-order valence-corrected chi connectivity index (χ0v) is 18.2. The number of aliphatic hydroxyl groups is 1. The van der Waals surface area contributed by atoms with Crippen LogP contribution in [0.25, 0.3) is 11.3 Å². The molecule has 2 fully saturated rings. The van der Waals surface area contributed by atoms with E-state index in [0.717, 1.165) is 36.8 Å². The number of aliphatic hydroxyl groups excluding tert-OH is 1. The van der Waals surface area contributed by atoms with Gasteiger partial charge < -0.3 is 20.9 Å². The topological polar surface area (TPSA) is 123 Å². The lowest BCUT2D eigenvalue weighted by atomic mass is 9.78. The van der Waals surface area contributed by atoms with Crippen LogP contribution in [0.3, 0.4) is 0 Å². The highest BCUT2D eigenvalue weighted by Gasteiger charge is 2.40. The third kappa shape index (κ3) is 4.44. The molecule has 170 valence electrons. The van der Waals surface area contributed by atoms with Crippen molar-refractivity contribution in [1.82, 2.24) is 15.0 Å². The number of rotatable bonds is 4. The van der Waals surface area contributed by atoms with E-state index in [9.17, 15) is 9.90 Å². The first-order valence-electron chi connectivity index (χ1n) is 11.4. The normalized spacial score (nSPS) is 24.6. The number of nitrogens with zero attached hydrogens (tertiary/aromatic N) is 3. The number of carbonyl (C=O) groups excluding carboxylic acids is 1. The molecule has 2 aliphatic rings. The van der Waals surface area contributed by atoms with Crippen molar-refractivity contribution >= 4 is 17.4 Å². The molecule has 0 radical (unpaired) electrons. The summed E-state index contributed by atoms with van der Waals surface area (Å²) in [4.78, 5) is 25.9. The first-order chi connectivity index (χ1) is 16.1. The van der Waals surface area contributed by atoms with E-state index < -0.39 is 12.0 Å². The minimum absolute atomic E-state index is 0.0354. The minimum Gasteiger partial charge on any atom is -0.393 e. The van der Waals surface area contributed by atoms with Gasteiger partial charge in [0.05, 0.1) is 42.1 Å². The predicted molar refractivity (Wildman–Crippen MR) is 124 cm³/mol. The summed E-state index contributed by atoms with van der Waals surface area (Å²) in [5.74, 6) is -0.239. The standard InChI is InChI=1S/C25H27N5O3/c26-24-23(29-18(14-28-24)15-6-2-1-3-7-15)25(32)30-19-13-27-11-10-16(19)22-12-20(31)17-8-4-5-9-21(17)33-22/h1-3,6-7,10-11,13-14,17,20-22,31H,4-5,8-9,12H2,(H2,26,28)(H,30,32)/t17-,20-,21-,22-/m1/s1. The average molecular weight is 446 g/mol. The Kier molecular flexibility index (Phi) is 6.02. The number of nitrogens with two attached hydrogens (primary N) is 1. The van der Waals surface area contributed by atoms with Gasteiger partial charge in [-0.15, -0.1) is 0 Å². The fraction of sp³-hybridized carbons (Fsp3) is 0.360. The number of hydrogen-bond acceptors (Lipinski definition) is 7. The maximum Gasteiger partial charge on any atom is 0.278 e. The number of fused-ring (bicyclic) bond motifs is 1. The molecule has 5 rings (SSSR count). The fourth-order valence-corrected chi connectivity index (χ4v) is 4.88. The lowest BCUT2D eigenvalue weighted by Crippen LogP contribution is -2.43. The van der Waals surface area contributed by atoms with E-state index in [-0.39, 0.29) is 29.6 Å². The highest BCUT2D eigenvalue weighted by Crippen LogP contribution is 2.42. The Hall–Kier alpha value is -3.36. The van der Waals surface area contributed by atoms with E-state index in [0.29, 0.717) is 17.8 Å². The third-order valence-electron chi connectivity index (χ3n) is 6.58.